The lowest BCUT2D eigenvalue weighted by Crippen LogP contribution is -2.54. The van der Waals surface area contributed by atoms with Gasteiger partial charge in [-0.2, -0.15) is 0 Å². The van der Waals surface area contributed by atoms with Crippen LogP contribution in [0.3, 0.4) is 0 Å². The highest BCUT2D eigenvalue weighted by Crippen LogP contribution is 2.23. The smallest absolute Gasteiger partial charge is 0.245 e. The number of carbonyl (C=O) groups excluding carboxylic acids is 1. The van der Waals surface area contributed by atoms with Crippen molar-refractivity contribution in [2.75, 3.05) is 31.2 Å². The van der Waals surface area contributed by atoms with E-state index in [0.29, 0.717) is 26.3 Å². The average Bonchev–Trinajstić information content (AvgIpc) is 2.47. The molecule has 1 unspecified atom stereocenters. The summed E-state index contributed by atoms with van der Waals surface area (Å²) in [7, 11) is 0. The van der Waals surface area contributed by atoms with Crippen LogP contribution in [0, 0.1) is 6.92 Å². The molecule has 0 aromatic heterocycles. The number of hydrogen-bond donors (Lipinski definition) is 2. The van der Waals surface area contributed by atoms with Gasteiger partial charge in [-0.15, -0.1) is 0 Å². The molecule has 1 heterocycles. The Morgan fingerprint density at radius 3 is 3.00 bits per heavy atom. The van der Waals surface area contributed by atoms with Gasteiger partial charge in [0.1, 0.15) is 6.04 Å². The molecule has 0 radical (unpaired) electrons. The molecule has 110 valence electrons. The van der Waals surface area contributed by atoms with Crippen LogP contribution in [0.1, 0.15) is 18.1 Å². The van der Waals surface area contributed by atoms with E-state index in [1.54, 1.807) is 0 Å². The summed E-state index contributed by atoms with van der Waals surface area (Å²) in [6.07, 6.45) is 0. The number of aliphatic hydroxyl groups excluding tert-OH is 1. The molecule has 1 fully saturated rings. The van der Waals surface area contributed by atoms with Crippen molar-refractivity contribution in [2.24, 2.45) is 0 Å². The summed E-state index contributed by atoms with van der Waals surface area (Å²) in [5.41, 5.74) is 2.95. The van der Waals surface area contributed by atoms with Crippen LogP contribution in [0.15, 0.2) is 18.2 Å². The first kappa shape index (κ1) is 14.8. The lowest BCUT2D eigenvalue weighted by atomic mass is 10.1. The van der Waals surface area contributed by atoms with Crippen LogP contribution in [0.25, 0.3) is 0 Å². The molecule has 1 aromatic carbocycles. The van der Waals surface area contributed by atoms with Crippen molar-refractivity contribution in [3.8, 4) is 0 Å². The minimum absolute atomic E-state index is 0.00362. The third-order valence-electron chi connectivity index (χ3n) is 3.61. The first-order chi connectivity index (χ1) is 9.67. The standard InChI is InChI=1S/C15H22N2O3/c1-3-16-15(19)14-10-20-7-6-17(14)13-5-4-12(9-18)11(2)8-13/h4-5,8,14,18H,3,6-7,9-10H2,1-2H3,(H,16,19). The highest BCUT2D eigenvalue weighted by molar-refractivity contribution is 5.85. The molecule has 20 heavy (non-hydrogen) atoms. The van der Waals surface area contributed by atoms with Crippen molar-refractivity contribution in [2.45, 2.75) is 26.5 Å². The molecule has 0 aliphatic carbocycles. The Labute approximate surface area is 119 Å². The monoisotopic (exact) mass is 278 g/mol. The third-order valence-corrected chi connectivity index (χ3v) is 3.61. The molecule has 1 atom stereocenters. The number of aliphatic hydroxyl groups is 1. The van der Waals surface area contributed by atoms with E-state index in [1.165, 1.54) is 0 Å². The van der Waals surface area contributed by atoms with Crippen molar-refractivity contribution in [1.29, 1.82) is 0 Å². The number of aryl methyl sites for hydroxylation is 1. The van der Waals surface area contributed by atoms with Crippen LogP contribution in [0.5, 0.6) is 0 Å². The summed E-state index contributed by atoms with van der Waals surface area (Å²) in [4.78, 5) is 14.2. The molecule has 1 aliphatic rings. The van der Waals surface area contributed by atoms with Gasteiger partial charge in [0, 0.05) is 18.8 Å². The summed E-state index contributed by atoms with van der Waals surface area (Å²) in [6, 6.07) is 5.59. The number of rotatable bonds is 4. The fourth-order valence-corrected chi connectivity index (χ4v) is 2.46. The van der Waals surface area contributed by atoms with Gasteiger partial charge in [0.2, 0.25) is 5.91 Å². The summed E-state index contributed by atoms with van der Waals surface area (Å²) in [5.74, 6) is -0.00362. The molecule has 0 saturated carbocycles. The number of ether oxygens (including phenoxy) is 1. The minimum atomic E-state index is -0.289. The van der Waals surface area contributed by atoms with Gasteiger partial charge in [-0.05, 0) is 37.1 Å². The first-order valence-electron chi connectivity index (χ1n) is 6.99. The fraction of sp³-hybridized carbons (Fsp3) is 0.533. The van der Waals surface area contributed by atoms with Crippen LogP contribution in [-0.2, 0) is 16.1 Å². The number of benzene rings is 1. The Bertz CT molecular complexity index is 476. The highest BCUT2D eigenvalue weighted by Gasteiger charge is 2.29. The van der Waals surface area contributed by atoms with Gasteiger partial charge in [-0.1, -0.05) is 6.07 Å². The maximum Gasteiger partial charge on any atom is 0.245 e. The van der Waals surface area contributed by atoms with Crippen molar-refractivity contribution in [3.05, 3.63) is 29.3 Å². The quantitative estimate of drug-likeness (QED) is 0.856. The number of amides is 1. The van der Waals surface area contributed by atoms with E-state index in [-0.39, 0.29) is 18.6 Å². The topological polar surface area (TPSA) is 61.8 Å². The summed E-state index contributed by atoms with van der Waals surface area (Å²) >= 11 is 0. The second-order valence-corrected chi connectivity index (χ2v) is 4.95. The van der Waals surface area contributed by atoms with Crippen molar-refractivity contribution < 1.29 is 14.6 Å². The summed E-state index contributed by atoms with van der Waals surface area (Å²) in [5, 5.41) is 12.1. The van der Waals surface area contributed by atoms with Gasteiger partial charge in [-0.25, -0.2) is 0 Å². The zero-order valence-electron chi connectivity index (χ0n) is 12.1. The molecule has 2 rings (SSSR count). The Hall–Kier alpha value is -1.59. The molecule has 1 amide bonds. The molecule has 5 heteroatoms. The van der Waals surface area contributed by atoms with Gasteiger partial charge in [0.05, 0.1) is 19.8 Å². The van der Waals surface area contributed by atoms with E-state index in [2.05, 4.69) is 10.2 Å². The van der Waals surface area contributed by atoms with Crippen LogP contribution >= 0.6 is 0 Å². The van der Waals surface area contributed by atoms with Crippen LogP contribution in [0.4, 0.5) is 5.69 Å². The van der Waals surface area contributed by atoms with E-state index >= 15 is 0 Å². The Morgan fingerprint density at radius 1 is 1.55 bits per heavy atom. The highest BCUT2D eigenvalue weighted by atomic mass is 16.5. The van der Waals surface area contributed by atoms with Gasteiger partial charge < -0.3 is 20.1 Å². The lowest BCUT2D eigenvalue weighted by molar-refractivity contribution is -0.124. The maximum atomic E-state index is 12.1. The minimum Gasteiger partial charge on any atom is -0.392 e. The van der Waals surface area contributed by atoms with Crippen LogP contribution < -0.4 is 10.2 Å². The molecular formula is C15H22N2O3. The predicted molar refractivity (Wildman–Crippen MR) is 77.7 cm³/mol. The zero-order valence-corrected chi connectivity index (χ0v) is 12.1. The number of hydrogen-bond acceptors (Lipinski definition) is 4. The van der Waals surface area contributed by atoms with Crippen LogP contribution in [-0.4, -0.2) is 43.4 Å². The van der Waals surface area contributed by atoms with Crippen molar-refractivity contribution in [1.82, 2.24) is 5.32 Å². The van der Waals surface area contributed by atoms with Crippen molar-refractivity contribution in [3.63, 3.8) is 0 Å². The SMILES string of the molecule is CCNC(=O)C1COCCN1c1ccc(CO)c(C)c1. The van der Waals surface area contributed by atoms with E-state index in [1.807, 2.05) is 32.0 Å². The fourth-order valence-electron chi connectivity index (χ4n) is 2.46. The second kappa shape index (κ2) is 6.72. The normalized spacial score (nSPS) is 18.9. The molecule has 5 nitrogen and oxygen atoms in total. The van der Waals surface area contributed by atoms with E-state index in [9.17, 15) is 9.90 Å². The number of morpholine rings is 1. The molecule has 1 aliphatic heterocycles. The summed E-state index contributed by atoms with van der Waals surface area (Å²) < 4.78 is 5.43. The Morgan fingerprint density at radius 2 is 2.35 bits per heavy atom. The van der Waals surface area contributed by atoms with Gasteiger partial charge >= 0.3 is 0 Å². The van der Waals surface area contributed by atoms with Crippen LogP contribution in [0.2, 0.25) is 0 Å². The number of likely N-dealkylation sites (N-methyl/N-ethyl adjacent to an activating group) is 1. The third kappa shape index (κ3) is 3.11. The predicted octanol–water partition coefficient (Wildman–Crippen LogP) is 0.829. The number of anilines is 1. The number of carbonyl (C=O) groups is 1. The molecule has 2 N–H and O–H groups in total. The summed E-state index contributed by atoms with van der Waals surface area (Å²) in [6.45, 7) is 6.26. The molecule has 1 aromatic rings. The molecule has 0 spiro atoms. The molecular weight excluding hydrogens is 256 g/mol. The van der Waals surface area contributed by atoms with E-state index < -0.39 is 0 Å². The largest absolute Gasteiger partial charge is 0.392 e. The first-order valence-corrected chi connectivity index (χ1v) is 6.99. The van der Waals surface area contributed by atoms with Gasteiger partial charge in [0.25, 0.3) is 0 Å². The molecule has 0 bridgehead atoms. The van der Waals surface area contributed by atoms with Crippen molar-refractivity contribution >= 4 is 11.6 Å². The van der Waals surface area contributed by atoms with E-state index in [4.69, 9.17) is 4.74 Å². The van der Waals surface area contributed by atoms with Gasteiger partial charge in [-0.3, -0.25) is 4.79 Å². The average molecular weight is 278 g/mol. The zero-order chi connectivity index (χ0) is 14.5. The molecule has 1 saturated heterocycles. The number of nitrogens with zero attached hydrogens (tertiary/aromatic N) is 1. The van der Waals surface area contributed by atoms with Gasteiger partial charge in [0.15, 0.2) is 0 Å². The maximum absolute atomic E-state index is 12.1. The lowest BCUT2D eigenvalue weighted by Gasteiger charge is -2.36. The Balaban J connectivity index is 2.23. The Kier molecular flexibility index (Phi) is 4.98. The number of nitrogens with one attached hydrogen (secondary N) is 1. The van der Waals surface area contributed by atoms with E-state index in [0.717, 1.165) is 16.8 Å². The second-order valence-electron chi connectivity index (χ2n) is 4.95.